The zero-order valence-electron chi connectivity index (χ0n) is 12.1. The molecule has 1 aromatic carbocycles. The molecule has 1 unspecified atom stereocenters. The van der Waals surface area contributed by atoms with Gasteiger partial charge in [-0.05, 0) is 48.6 Å². The van der Waals surface area contributed by atoms with Crippen LogP contribution >= 0.6 is 0 Å². The van der Waals surface area contributed by atoms with E-state index >= 15 is 0 Å². The highest BCUT2D eigenvalue weighted by molar-refractivity contribution is 5.80. The Bertz CT molecular complexity index is 708. The van der Waals surface area contributed by atoms with Gasteiger partial charge >= 0.3 is 0 Å². The van der Waals surface area contributed by atoms with E-state index in [0.29, 0.717) is 0 Å². The summed E-state index contributed by atoms with van der Waals surface area (Å²) in [6, 6.07) is 2.01. The highest BCUT2D eigenvalue weighted by Crippen LogP contribution is 2.50. The quantitative estimate of drug-likeness (QED) is 0.741. The van der Waals surface area contributed by atoms with Crippen LogP contribution in [-0.2, 0) is 12.8 Å². The van der Waals surface area contributed by atoms with Gasteiger partial charge in [0.1, 0.15) is 0 Å². The number of H-pyrrole nitrogens is 1. The van der Waals surface area contributed by atoms with Gasteiger partial charge in [-0.3, -0.25) is 10.00 Å². The summed E-state index contributed by atoms with van der Waals surface area (Å²) in [5.74, 6) is -0.0591. The Balaban J connectivity index is 1.97. The summed E-state index contributed by atoms with van der Waals surface area (Å²) in [6.45, 7) is 4.25. The van der Waals surface area contributed by atoms with E-state index in [9.17, 15) is 10.2 Å². The van der Waals surface area contributed by atoms with Gasteiger partial charge in [0.25, 0.3) is 0 Å². The van der Waals surface area contributed by atoms with Crippen molar-refractivity contribution >= 4 is 0 Å². The van der Waals surface area contributed by atoms with Crippen LogP contribution in [0.5, 0.6) is 11.5 Å². The Labute approximate surface area is 123 Å². The molecule has 2 aromatic rings. The van der Waals surface area contributed by atoms with Crippen molar-refractivity contribution in [2.24, 2.45) is 0 Å². The van der Waals surface area contributed by atoms with Gasteiger partial charge in [0.2, 0.25) is 0 Å². The van der Waals surface area contributed by atoms with E-state index < -0.39 is 0 Å². The van der Waals surface area contributed by atoms with Crippen LogP contribution < -0.4 is 0 Å². The monoisotopic (exact) mass is 285 g/mol. The molecule has 110 valence electrons. The molecule has 0 amide bonds. The predicted octanol–water partition coefficient (Wildman–Crippen LogP) is 2.35. The van der Waals surface area contributed by atoms with Crippen LogP contribution in [0, 0.1) is 0 Å². The fourth-order valence-electron chi connectivity index (χ4n) is 3.85. The molecule has 0 saturated carbocycles. The lowest BCUT2D eigenvalue weighted by Gasteiger charge is -2.40. The zero-order valence-corrected chi connectivity index (χ0v) is 12.1. The van der Waals surface area contributed by atoms with E-state index in [0.717, 1.165) is 54.7 Å². The molecule has 5 heteroatoms. The molecule has 0 radical (unpaired) electrons. The van der Waals surface area contributed by atoms with Gasteiger partial charge in [-0.15, -0.1) is 0 Å². The van der Waals surface area contributed by atoms with Crippen LogP contribution in [0.25, 0.3) is 11.3 Å². The van der Waals surface area contributed by atoms with E-state index in [1.54, 1.807) is 6.07 Å². The van der Waals surface area contributed by atoms with Gasteiger partial charge in [-0.25, -0.2) is 0 Å². The van der Waals surface area contributed by atoms with Crippen LogP contribution in [0.4, 0.5) is 0 Å². The van der Waals surface area contributed by atoms with Gasteiger partial charge in [0, 0.05) is 12.6 Å². The largest absolute Gasteiger partial charge is 0.504 e. The number of aromatic nitrogens is 2. The fraction of sp³-hybridized carbons (Fsp3) is 0.438. The molecule has 0 spiro atoms. The third kappa shape index (κ3) is 1.70. The molecule has 1 aliphatic carbocycles. The van der Waals surface area contributed by atoms with Gasteiger partial charge in [0.15, 0.2) is 11.5 Å². The molecule has 1 aromatic heterocycles. The second kappa shape index (κ2) is 4.49. The number of aromatic hydroxyl groups is 2. The number of hydrogen-bond donors (Lipinski definition) is 3. The average Bonchev–Trinajstić information content (AvgIpc) is 2.94. The normalized spacial score (nSPS) is 20.1. The molecule has 5 nitrogen and oxygen atoms in total. The van der Waals surface area contributed by atoms with Crippen molar-refractivity contribution in [3.8, 4) is 22.8 Å². The van der Waals surface area contributed by atoms with Gasteiger partial charge < -0.3 is 10.2 Å². The van der Waals surface area contributed by atoms with Gasteiger partial charge in [-0.1, -0.05) is 6.92 Å². The van der Waals surface area contributed by atoms with Crippen molar-refractivity contribution in [1.82, 2.24) is 15.1 Å². The van der Waals surface area contributed by atoms with E-state index in [1.807, 2.05) is 6.20 Å². The van der Waals surface area contributed by atoms with Crippen LogP contribution in [0.15, 0.2) is 12.3 Å². The standard InChI is InChI=1S/C16H19N3O2/c1-2-4-19-5-3-9-7-12(20)16(21)14-13(9)11(19)6-10-8-17-18-15(10)14/h7-8,11,20-21H,2-6H2,1H3,(H,17,18). The third-order valence-electron chi connectivity index (χ3n) is 4.74. The number of phenols is 2. The Morgan fingerprint density at radius 1 is 1.38 bits per heavy atom. The Morgan fingerprint density at radius 2 is 2.24 bits per heavy atom. The van der Waals surface area contributed by atoms with Gasteiger partial charge in [-0.2, -0.15) is 5.10 Å². The summed E-state index contributed by atoms with van der Waals surface area (Å²) in [5, 5.41) is 27.5. The highest BCUT2D eigenvalue weighted by atomic mass is 16.3. The maximum absolute atomic E-state index is 10.4. The maximum Gasteiger partial charge on any atom is 0.167 e. The number of hydrogen-bond acceptors (Lipinski definition) is 4. The minimum Gasteiger partial charge on any atom is -0.504 e. The van der Waals surface area contributed by atoms with Crippen LogP contribution in [0.3, 0.4) is 0 Å². The summed E-state index contributed by atoms with van der Waals surface area (Å²) in [6.07, 6.45) is 4.77. The second-order valence-corrected chi connectivity index (χ2v) is 5.97. The number of fused-ring (bicyclic) bond motifs is 2. The number of nitrogens with zero attached hydrogens (tertiary/aromatic N) is 2. The number of benzene rings is 1. The number of rotatable bonds is 2. The average molecular weight is 285 g/mol. The zero-order chi connectivity index (χ0) is 14.6. The second-order valence-electron chi connectivity index (χ2n) is 5.97. The third-order valence-corrected chi connectivity index (χ3v) is 4.74. The number of phenolic OH excluding ortho intramolecular Hbond substituents is 2. The molecule has 3 N–H and O–H groups in total. The van der Waals surface area contributed by atoms with Crippen LogP contribution in [0.1, 0.15) is 36.1 Å². The first-order chi connectivity index (χ1) is 10.2. The highest BCUT2D eigenvalue weighted by Gasteiger charge is 2.37. The smallest absolute Gasteiger partial charge is 0.167 e. The van der Waals surface area contributed by atoms with Crippen molar-refractivity contribution in [2.75, 3.05) is 13.1 Å². The molecule has 0 bridgehead atoms. The van der Waals surface area contributed by atoms with Gasteiger partial charge in [0.05, 0.1) is 17.5 Å². The summed E-state index contributed by atoms with van der Waals surface area (Å²) in [5.41, 5.74) is 5.03. The van der Waals surface area contributed by atoms with Crippen molar-refractivity contribution in [3.05, 3.63) is 29.0 Å². The SMILES string of the molecule is CCCN1CCc2cc(O)c(O)c3c2C1Cc1cn[nH]c1-3. The molecule has 1 aliphatic heterocycles. The maximum atomic E-state index is 10.4. The molecule has 1 atom stereocenters. The van der Waals surface area contributed by atoms with Crippen LogP contribution in [0.2, 0.25) is 0 Å². The predicted molar refractivity (Wildman–Crippen MR) is 79.4 cm³/mol. The van der Waals surface area contributed by atoms with E-state index in [2.05, 4.69) is 22.0 Å². The Kier molecular flexibility index (Phi) is 2.72. The lowest BCUT2D eigenvalue weighted by atomic mass is 9.79. The molecular weight excluding hydrogens is 266 g/mol. The van der Waals surface area contributed by atoms with E-state index in [1.165, 1.54) is 5.56 Å². The summed E-state index contributed by atoms with van der Waals surface area (Å²) >= 11 is 0. The molecule has 0 saturated heterocycles. The number of aromatic amines is 1. The molecular formula is C16H19N3O2. The Hall–Kier alpha value is -2.01. The number of nitrogens with one attached hydrogen (secondary N) is 1. The first-order valence-electron chi connectivity index (χ1n) is 7.55. The lowest BCUT2D eigenvalue weighted by Crippen LogP contribution is -2.38. The molecule has 21 heavy (non-hydrogen) atoms. The first kappa shape index (κ1) is 12.7. The topological polar surface area (TPSA) is 72.4 Å². The van der Waals surface area contributed by atoms with Crippen LogP contribution in [-0.4, -0.2) is 38.4 Å². The summed E-state index contributed by atoms with van der Waals surface area (Å²) < 4.78 is 0. The molecule has 2 heterocycles. The molecule has 2 aliphatic rings. The van der Waals surface area contributed by atoms with E-state index in [-0.39, 0.29) is 17.5 Å². The van der Waals surface area contributed by atoms with Crippen molar-refractivity contribution in [3.63, 3.8) is 0 Å². The van der Waals surface area contributed by atoms with Crippen molar-refractivity contribution < 1.29 is 10.2 Å². The minimum atomic E-state index is -0.0334. The summed E-state index contributed by atoms with van der Waals surface area (Å²) in [7, 11) is 0. The molecule has 4 rings (SSSR count). The lowest BCUT2D eigenvalue weighted by molar-refractivity contribution is 0.182. The van der Waals surface area contributed by atoms with Crippen molar-refractivity contribution in [1.29, 1.82) is 0 Å². The summed E-state index contributed by atoms with van der Waals surface area (Å²) in [4.78, 5) is 2.48. The Morgan fingerprint density at radius 3 is 3.05 bits per heavy atom. The van der Waals surface area contributed by atoms with E-state index in [4.69, 9.17) is 0 Å². The minimum absolute atomic E-state index is 0.0256. The first-order valence-corrected chi connectivity index (χ1v) is 7.55. The fourth-order valence-corrected chi connectivity index (χ4v) is 3.85. The molecule has 0 fully saturated rings. The van der Waals surface area contributed by atoms with Crippen molar-refractivity contribution in [2.45, 2.75) is 32.2 Å².